The molecular formula is C23H30N4O2. The fourth-order valence-corrected chi connectivity index (χ4v) is 3.65. The summed E-state index contributed by atoms with van der Waals surface area (Å²) in [4.78, 5) is 25.2. The number of benzene rings is 1. The second-order valence-electron chi connectivity index (χ2n) is 7.83. The predicted octanol–water partition coefficient (Wildman–Crippen LogP) is 2.99. The molecule has 2 aromatic rings. The highest BCUT2D eigenvalue weighted by molar-refractivity contribution is 5.95. The number of rotatable bonds is 8. The first-order valence-corrected chi connectivity index (χ1v) is 10.5. The third-order valence-electron chi connectivity index (χ3n) is 5.64. The molecule has 0 saturated heterocycles. The molecule has 0 spiro atoms. The zero-order chi connectivity index (χ0) is 20.8. The van der Waals surface area contributed by atoms with E-state index in [1.54, 1.807) is 6.92 Å². The predicted molar refractivity (Wildman–Crippen MR) is 112 cm³/mol. The van der Waals surface area contributed by atoms with E-state index in [1.807, 2.05) is 38.1 Å². The van der Waals surface area contributed by atoms with Crippen LogP contribution in [-0.4, -0.2) is 34.1 Å². The molecule has 1 aliphatic rings. The van der Waals surface area contributed by atoms with Crippen molar-refractivity contribution in [1.82, 2.24) is 20.8 Å². The summed E-state index contributed by atoms with van der Waals surface area (Å²) in [5.41, 5.74) is 3.21. The van der Waals surface area contributed by atoms with Gasteiger partial charge in [0.25, 0.3) is 5.91 Å². The Morgan fingerprint density at radius 1 is 1.07 bits per heavy atom. The number of hydrogen-bond acceptors (Lipinski definition) is 4. The standard InChI is InChI=1S/C23H30N4O2/c1-4-17(11-16-9-7-6-8-10-16)22(28)24-19-12-20(13-19)25-23(29)21-14-18(5-2)27-26-15(21)3/h6-10,14,17,19-20H,4-5,11-13H2,1-3H3,(H,24,28)(H,25,29). The largest absolute Gasteiger partial charge is 0.353 e. The topological polar surface area (TPSA) is 84.0 Å². The van der Waals surface area contributed by atoms with Crippen LogP contribution in [-0.2, 0) is 17.6 Å². The SMILES string of the molecule is CCc1cc(C(=O)NC2CC(NC(=O)C(CC)Cc3ccccc3)C2)c(C)nn1. The van der Waals surface area contributed by atoms with Gasteiger partial charge < -0.3 is 10.6 Å². The highest BCUT2D eigenvalue weighted by Gasteiger charge is 2.33. The molecule has 29 heavy (non-hydrogen) atoms. The fraction of sp³-hybridized carbons (Fsp3) is 0.478. The summed E-state index contributed by atoms with van der Waals surface area (Å²) in [5.74, 6) is -0.0330. The van der Waals surface area contributed by atoms with Crippen molar-refractivity contribution in [3.05, 3.63) is 58.9 Å². The van der Waals surface area contributed by atoms with Crippen molar-refractivity contribution in [2.45, 2.75) is 65.0 Å². The highest BCUT2D eigenvalue weighted by atomic mass is 16.2. The quantitative estimate of drug-likeness (QED) is 0.721. The van der Waals surface area contributed by atoms with Gasteiger partial charge in [0.05, 0.1) is 17.0 Å². The summed E-state index contributed by atoms with van der Waals surface area (Å²) in [5, 5.41) is 14.3. The van der Waals surface area contributed by atoms with Crippen LogP contribution in [0.3, 0.4) is 0 Å². The van der Waals surface area contributed by atoms with Gasteiger partial charge in [-0.25, -0.2) is 0 Å². The summed E-state index contributed by atoms with van der Waals surface area (Å²) >= 11 is 0. The highest BCUT2D eigenvalue weighted by Crippen LogP contribution is 2.22. The van der Waals surface area contributed by atoms with Crippen molar-refractivity contribution >= 4 is 11.8 Å². The van der Waals surface area contributed by atoms with Crippen molar-refractivity contribution in [1.29, 1.82) is 0 Å². The van der Waals surface area contributed by atoms with E-state index < -0.39 is 0 Å². The Hall–Kier alpha value is -2.76. The Bertz CT molecular complexity index is 847. The molecule has 1 aromatic heterocycles. The second-order valence-corrected chi connectivity index (χ2v) is 7.83. The van der Waals surface area contributed by atoms with Gasteiger partial charge in [-0.3, -0.25) is 9.59 Å². The number of nitrogens with zero attached hydrogens (tertiary/aromatic N) is 2. The summed E-state index contributed by atoms with van der Waals surface area (Å²) in [6.45, 7) is 5.83. The minimum Gasteiger partial charge on any atom is -0.353 e. The van der Waals surface area contributed by atoms with E-state index >= 15 is 0 Å². The molecular weight excluding hydrogens is 364 g/mol. The number of carbonyl (C=O) groups excluding carboxylic acids is 2. The number of aromatic nitrogens is 2. The molecule has 1 heterocycles. The molecule has 2 amide bonds. The summed E-state index contributed by atoms with van der Waals surface area (Å²) < 4.78 is 0. The molecule has 1 unspecified atom stereocenters. The number of amides is 2. The number of aryl methyl sites for hydroxylation is 2. The Balaban J connectivity index is 1.47. The van der Waals surface area contributed by atoms with Crippen LogP contribution in [0.2, 0.25) is 0 Å². The number of nitrogens with one attached hydrogen (secondary N) is 2. The smallest absolute Gasteiger partial charge is 0.253 e. The van der Waals surface area contributed by atoms with Gasteiger partial charge in [0.15, 0.2) is 0 Å². The maximum Gasteiger partial charge on any atom is 0.253 e. The fourth-order valence-electron chi connectivity index (χ4n) is 3.65. The molecule has 6 nitrogen and oxygen atoms in total. The normalized spacial score (nSPS) is 19.1. The molecule has 1 aliphatic carbocycles. The van der Waals surface area contributed by atoms with Crippen molar-refractivity contribution in [3.63, 3.8) is 0 Å². The molecule has 0 bridgehead atoms. The minimum atomic E-state index is -0.114. The average molecular weight is 395 g/mol. The monoisotopic (exact) mass is 394 g/mol. The van der Waals surface area contributed by atoms with Crippen molar-refractivity contribution < 1.29 is 9.59 Å². The van der Waals surface area contributed by atoms with Gasteiger partial charge >= 0.3 is 0 Å². The number of carbonyl (C=O) groups is 2. The third kappa shape index (κ3) is 5.40. The van der Waals surface area contributed by atoms with Gasteiger partial charge in [-0.1, -0.05) is 44.2 Å². The Morgan fingerprint density at radius 3 is 2.41 bits per heavy atom. The van der Waals surface area contributed by atoms with Crippen LogP contribution >= 0.6 is 0 Å². The van der Waals surface area contributed by atoms with Crippen LogP contribution in [0.4, 0.5) is 0 Å². The summed E-state index contributed by atoms with van der Waals surface area (Å²) in [6, 6.07) is 12.1. The van der Waals surface area contributed by atoms with Gasteiger partial charge in [-0.05, 0) is 50.7 Å². The van der Waals surface area contributed by atoms with E-state index in [0.717, 1.165) is 37.8 Å². The van der Waals surface area contributed by atoms with Gasteiger partial charge in [0.2, 0.25) is 5.91 Å². The lowest BCUT2D eigenvalue weighted by atomic mass is 9.85. The second kappa shape index (κ2) is 9.63. The molecule has 3 rings (SSSR count). The van der Waals surface area contributed by atoms with Crippen LogP contribution in [0, 0.1) is 12.8 Å². The van der Waals surface area contributed by atoms with Crippen LogP contribution in [0.25, 0.3) is 0 Å². The van der Waals surface area contributed by atoms with E-state index in [2.05, 4.69) is 33.0 Å². The maximum atomic E-state index is 12.6. The van der Waals surface area contributed by atoms with E-state index in [1.165, 1.54) is 5.56 Å². The van der Waals surface area contributed by atoms with Crippen molar-refractivity contribution in [2.75, 3.05) is 0 Å². The molecule has 0 aliphatic heterocycles. The molecule has 0 radical (unpaired) electrons. The van der Waals surface area contributed by atoms with Crippen LogP contribution < -0.4 is 10.6 Å². The number of hydrogen-bond donors (Lipinski definition) is 2. The van der Waals surface area contributed by atoms with Gasteiger partial charge in [0, 0.05) is 18.0 Å². The van der Waals surface area contributed by atoms with Crippen LogP contribution in [0.5, 0.6) is 0 Å². The zero-order valence-electron chi connectivity index (χ0n) is 17.4. The van der Waals surface area contributed by atoms with E-state index in [0.29, 0.717) is 11.3 Å². The Labute approximate surface area is 172 Å². The molecule has 2 N–H and O–H groups in total. The van der Waals surface area contributed by atoms with E-state index in [-0.39, 0.29) is 29.8 Å². The van der Waals surface area contributed by atoms with E-state index in [4.69, 9.17) is 0 Å². The first-order valence-electron chi connectivity index (χ1n) is 10.5. The minimum absolute atomic E-state index is 0.0240. The average Bonchev–Trinajstić information content (AvgIpc) is 2.71. The van der Waals surface area contributed by atoms with E-state index in [9.17, 15) is 9.59 Å². The molecule has 6 heteroatoms. The molecule has 1 fully saturated rings. The van der Waals surface area contributed by atoms with Crippen molar-refractivity contribution in [2.24, 2.45) is 5.92 Å². The first kappa shape index (κ1) is 21.0. The zero-order valence-corrected chi connectivity index (χ0v) is 17.4. The third-order valence-corrected chi connectivity index (χ3v) is 5.64. The van der Waals surface area contributed by atoms with Gasteiger partial charge in [0.1, 0.15) is 0 Å². The van der Waals surface area contributed by atoms with Gasteiger partial charge in [-0.2, -0.15) is 10.2 Å². The molecule has 154 valence electrons. The molecule has 1 atom stereocenters. The lowest BCUT2D eigenvalue weighted by Gasteiger charge is -2.37. The summed E-state index contributed by atoms with van der Waals surface area (Å²) in [6.07, 6.45) is 3.83. The first-order chi connectivity index (χ1) is 14.0. The van der Waals surface area contributed by atoms with Crippen LogP contribution in [0.1, 0.15) is 60.4 Å². The Kier molecular flexibility index (Phi) is 6.96. The molecule has 1 saturated carbocycles. The Morgan fingerprint density at radius 2 is 1.76 bits per heavy atom. The lowest BCUT2D eigenvalue weighted by Crippen LogP contribution is -2.54. The van der Waals surface area contributed by atoms with Crippen LogP contribution in [0.15, 0.2) is 36.4 Å². The van der Waals surface area contributed by atoms with Crippen molar-refractivity contribution in [3.8, 4) is 0 Å². The molecule has 1 aromatic carbocycles. The lowest BCUT2D eigenvalue weighted by molar-refractivity contribution is -0.126. The van der Waals surface area contributed by atoms with Gasteiger partial charge in [-0.15, -0.1) is 0 Å². The maximum absolute atomic E-state index is 12.6. The summed E-state index contributed by atoms with van der Waals surface area (Å²) in [7, 11) is 0.